The van der Waals surface area contributed by atoms with Gasteiger partial charge in [0.2, 0.25) is 10.0 Å². The highest BCUT2D eigenvalue weighted by Gasteiger charge is 2.34. The van der Waals surface area contributed by atoms with Crippen molar-refractivity contribution in [1.29, 1.82) is 0 Å². The summed E-state index contributed by atoms with van der Waals surface area (Å²) in [4.78, 5) is 0.373. The minimum Gasteiger partial charge on any atom is -0.207 e. The van der Waals surface area contributed by atoms with Crippen LogP contribution in [-0.2, 0) is 10.0 Å². The number of hydrogen-bond donors (Lipinski definition) is 0. The molecule has 0 spiro atoms. The molecule has 1 aromatic rings. The first kappa shape index (κ1) is 14.0. The van der Waals surface area contributed by atoms with Gasteiger partial charge in [-0.05, 0) is 43.9 Å². The van der Waals surface area contributed by atoms with Crippen LogP contribution in [0.2, 0.25) is 0 Å². The zero-order valence-electron chi connectivity index (χ0n) is 10.6. The Bertz CT molecular complexity index is 530. The van der Waals surface area contributed by atoms with Crippen LogP contribution in [0.1, 0.15) is 26.7 Å². The molecule has 1 fully saturated rings. The van der Waals surface area contributed by atoms with Gasteiger partial charge in [-0.25, -0.2) is 8.42 Å². The van der Waals surface area contributed by atoms with Gasteiger partial charge in [-0.15, -0.1) is 0 Å². The van der Waals surface area contributed by atoms with Crippen LogP contribution in [0.15, 0.2) is 33.6 Å². The van der Waals surface area contributed by atoms with Crippen molar-refractivity contribution in [3.63, 3.8) is 0 Å². The Hall–Kier alpha value is -0.390. The molecule has 100 valence electrons. The fraction of sp³-hybridized carbons (Fsp3) is 0.538. The fourth-order valence-corrected chi connectivity index (χ4v) is 4.76. The SMILES string of the molecule is CC1CCCN(S(=O)(=O)c2cccc(Br)c2)C1C. The van der Waals surface area contributed by atoms with Gasteiger partial charge in [0, 0.05) is 17.1 Å². The third-order valence-electron chi connectivity index (χ3n) is 3.72. The van der Waals surface area contributed by atoms with E-state index in [0.29, 0.717) is 17.4 Å². The highest BCUT2D eigenvalue weighted by Crippen LogP contribution is 2.29. The molecule has 0 amide bonds. The minimum atomic E-state index is -3.36. The lowest BCUT2D eigenvalue weighted by atomic mass is 9.94. The first-order valence-corrected chi connectivity index (χ1v) is 8.43. The molecule has 5 heteroatoms. The zero-order chi connectivity index (χ0) is 13.3. The Balaban J connectivity index is 2.36. The van der Waals surface area contributed by atoms with E-state index in [1.165, 1.54) is 0 Å². The summed E-state index contributed by atoms with van der Waals surface area (Å²) in [6, 6.07) is 6.99. The van der Waals surface area contributed by atoms with Crippen molar-refractivity contribution < 1.29 is 8.42 Å². The predicted molar refractivity (Wildman–Crippen MR) is 75.9 cm³/mol. The Labute approximate surface area is 117 Å². The van der Waals surface area contributed by atoms with E-state index < -0.39 is 10.0 Å². The maximum atomic E-state index is 12.6. The molecule has 2 rings (SSSR count). The van der Waals surface area contributed by atoms with E-state index in [9.17, 15) is 8.42 Å². The number of hydrogen-bond acceptors (Lipinski definition) is 2. The van der Waals surface area contributed by atoms with Crippen LogP contribution in [0.25, 0.3) is 0 Å². The number of piperidine rings is 1. The predicted octanol–water partition coefficient (Wildman–Crippen LogP) is 3.26. The fourth-order valence-electron chi connectivity index (χ4n) is 2.40. The lowest BCUT2D eigenvalue weighted by Gasteiger charge is -2.36. The standard InChI is InChI=1S/C13H18BrNO2S/c1-10-5-4-8-15(11(10)2)18(16,17)13-7-3-6-12(14)9-13/h3,6-7,9-11H,4-5,8H2,1-2H3. The van der Waals surface area contributed by atoms with Gasteiger partial charge >= 0.3 is 0 Å². The molecule has 0 N–H and O–H groups in total. The summed E-state index contributed by atoms with van der Waals surface area (Å²) in [5.74, 6) is 0.417. The summed E-state index contributed by atoms with van der Waals surface area (Å²) >= 11 is 3.32. The molecule has 3 nitrogen and oxygen atoms in total. The second-order valence-corrected chi connectivity index (χ2v) is 7.74. The molecule has 0 aliphatic carbocycles. The van der Waals surface area contributed by atoms with E-state index in [4.69, 9.17) is 0 Å². The summed E-state index contributed by atoms with van der Waals surface area (Å²) < 4.78 is 27.6. The molecule has 1 aliphatic heterocycles. The zero-order valence-corrected chi connectivity index (χ0v) is 13.0. The molecule has 0 aromatic heterocycles. The Morgan fingerprint density at radius 3 is 2.72 bits per heavy atom. The second kappa shape index (κ2) is 5.31. The third-order valence-corrected chi connectivity index (χ3v) is 6.19. The molecule has 1 saturated heterocycles. The maximum Gasteiger partial charge on any atom is 0.243 e. The van der Waals surface area contributed by atoms with E-state index >= 15 is 0 Å². The molecule has 2 unspecified atom stereocenters. The van der Waals surface area contributed by atoms with Gasteiger partial charge in [0.05, 0.1) is 4.90 Å². The monoisotopic (exact) mass is 331 g/mol. The van der Waals surface area contributed by atoms with Crippen LogP contribution in [0, 0.1) is 5.92 Å². The summed E-state index contributed by atoms with van der Waals surface area (Å²) in [6.07, 6.45) is 2.05. The average Bonchev–Trinajstić information content (AvgIpc) is 2.32. The van der Waals surface area contributed by atoms with E-state index in [-0.39, 0.29) is 6.04 Å². The molecular weight excluding hydrogens is 314 g/mol. The van der Waals surface area contributed by atoms with Crippen LogP contribution in [-0.4, -0.2) is 25.3 Å². The van der Waals surface area contributed by atoms with E-state index in [0.717, 1.165) is 17.3 Å². The number of rotatable bonds is 2. The van der Waals surface area contributed by atoms with E-state index in [2.05, 4.69) is 22.9 Å². The van der Waals surface area contributed by atoms with Crippen molar-refractivity contribution in [2.24, 2.45) is 5.92 Å². The second-order valence-electron chi connectivity index (χ2n) is 4.93. The number of sulfonamides is 1. The van der Waals surface area contributed by atoms with Crippen LogP contribution < -0.4 is 0 Å². The molecule has 1 aliphatic rings. The van der Waals surface area contributed by atoms with Crippen LogP contribution in [0.3, 0.4) is 0 Å². The summed E-state index contributed by atoms with van der Waals surface area (Å²) in [5, 5.41) is 0. The largest absolute Gasteiger partial charge is 0.243 e. The number of halogens is 1. The molecule has 1 heterocycles. The van der Waals surface area contributed by atoms with Crippen LogP contribution in [0.5, 0.6) is 0 Å². The highest BCUT2D eigenvalue weighted by molar-refractivity contribution is 9.10. The Morgan fingerprint density at radius 2 is 2.06 bits per heavy atom. The Morgan fingerprint density at radius 1 is 1.33 bits per heavy atom. The van der Waals surface area contributed by atoms with Gasteiger partial charge in [0.25, 0.3) is 0 Å². The third kappa shape index (κ3) is 2.63. The van der Waals surface area contributed by atoms with Crippen molar-refractivity contribution in [3.8, 4) is 0 Å². The first-order chi connectivity index (χ1) is 8.43. The molecule has 1 aromatic carbocycles. The topological polar surface area (TPSA) is 37.4 Å². The van der Waals surface area contributed by atoms with Gasteiger partial charge < -0.3 is 0 Å². The van der Waals surface area contributed by atoms with Crippen LogP contribution >= 0.6 is 15.9 Å². The van der Waals surface area contributed by atoms with Crippen LogP contribution in [0.4, 0.5) is 0 Å². The van der Waals surface area contributed by atoms with Crippen molar-refractivity contribution >= 4 is 26.0 Å². The summed E-state index contributed by atoms with van der Waals surface area (Å²) in [7, 11) is -3.36. The van der Waals surface area contributed by atoms with Gasteiger partial charge in [-0.3, -0.25) is 0 Å². The van der Waals surface area contributed by atoms with Gasteiger partial charge in [-0.2, -0.15) is 4.31 Å². The molecule has 0 saturated carbocycles. The smallest absolute Gasteiger partial charge is 0.207 e. The van der Waals surface area contributed by atoms with E-state index in [1.807, 2.05) is 13.0 Å². The van der Waals surface area contributed by atoms with Crippen molar-refractivity contribution in [2.75, 3.05) is 6.54 Å². The molecule has 18 heavy (non-hydrogen) atoms. The molecule has 2 atom stereocenters. The number of nitrogens with zero attached hydrogens (tertiary/aromatic N) is 1. The lowest BCUT2D eigenvalue weighted by molar-refractivity contribution is 0.202. The number of benzene rings is 1. The van der Waals surface area contributed by atoms with Crippen molar-refractivity contribution in [2.45, 2.75) is 37.6 Å². The van der Waals surface area contributed by atoms with Gasteiger partial charge in [0.1, 0.15) is 0 Å². The first-order valence-electron chi connectivity index (χ1n) is 6.20. The summed E-state index contributed by atoms with van der Waals surface area (Å²) in [5.41, 5.74) is 0. The molecule has 0 radical (unpaired) electrons. The molecular formula is C13H18BrNO2S. The quantitative estimate of drug-likeness (QED) is 0.834. The summed E-state index contributed by atoms with van der Waals surface area (Å²) in [6.45, 7) is 4.74. The minimum absolute atomic E-state index is 0.0720. The van der Waals surface area contributed by atoms with Crippen molar-refractivity contribution in [1.82, 2.24) is 4.31 Å². The van der Waals surface area contributed by atoms with E-state index in [1.54, 1.807) is 22.5 Å². The van der Waals surface area contributed by atoms with Gasteiger partial charge in [-0.1, -0.05) is 28.9 Å². The molecule has 0 bridgehead atoms. The van der Waals surface area contributed by atoms with Crippen molar-refractivity contribution in [3.05, 3.63) is 28.7 Å². The normalized spacial score (nSPS) is 26.2. The highest BCUT2D eigenvalue weighted by atomic mass is 79.9. The Kier molecular flexibility index (Phi) is 4.14. The maximum absolute atomic E-state index is 12.6. The average molecular weight is 332 g/mol. The van der Waals surface area contributed by atoms with Gasteiger partial charge in [0.15, 0.2) is 0 Å². The lowest BCUT2D eigenvalue weighted by Crippen LogP contribution is -2.45.